The van der Waals surface area contributed by atoms with Crippen molar-refractivity contribution in [3.05, 3.63) is 29.3 Å². The summed E-state index contributed by atoms with van der Waals surface area (Å²) < 4.78 is 52.1. The highest BCUT2D eigenvalue weighted by Crippen LogP contribution is 2.24. The summed E-state index contributed by atoms with van der Waals surface area (Å²) in [6.45, 7) is 1.76. The van der Waals surface area contributed by atoms with E-state index in [1.54, 1.807) is 12.2 Å². The number of rotatable bonds is 4. The van der Waals surface area contributed by atoms with Gasteiger partial charge in [-0.3, -0.25) is 4.79 Å². The van der Waals surface area contributed by atoms with Crippen LogP contribution in [-0.2, 0) is 4.79 Å². The van der Waals surface area contributed by atoms with Crippen LogP contribution in [0.1, 0.15) is 19.8 Å². The highest BCUT2D eigenvalue weighted by Gasteiger charge is 2.22. The van der Waals surface area contributed by atoms with Crippen LogP contribution in [0.3, 0.4) is 0 Å². The molecule has 7 heteroatoms. The molecule has 1 atom stereocenters. The lowest BCUT2D eigenvalue weighted by molar-refractivity contribution is -0.117. The number of nitrogens with two attached hydrogens (primary N) is 1. The van der Waals surface area contributed by atoms with Crippen molar-refractivity contribution in [2.24, 2.45) is 5.73 Å². The molecule has 0 heterocycles. The van der Waals surface area contributed by atoms with Crippen LogP contribution in [0.25, 0.3) is 0 Å². The van der Waals surface area contributed by atoms with Crippen LogP contribution in [-0.4, -0.2) is 11.9 Å². The number of hydrogen-bond donors (Lipinski definition) is 2. The SMILES string of the molecule is CCCC(N)C(=O)Nc1c(F)c(F)cc(F)c1F. The maximum absolute atomic E-state index is 13.2. The molecule has 0 aliphatic heterocycles. The molecule has 0 radical (unpaired) electrons. The Morgan fingerprint density at radius 2 is 1.78 bits per heavy atom. The number of halogens is 4. The smallest absolute Gasteiger partial charge is 0.241 e. The number of hydrogen-bond acceptors (Lipinski definition) is 2. The minimum Gasteiger partial charge on any atom is -0.320 e. The largest absolute Gasteiger partial charge is 0.320 e. The predicted molar refractivity (Wildman–Crippen MR) is 57.8 cm³/mol. The zero-order valence-electron chi connectivity index (χ0n) is 9.57. The van der Waals surface area contributed by atoms with E-state index in [1.165, 1.54) is 0 Å². The van der Waals surface area contributed by atoms with Crippen LogP contribution < -0.4 is 11.1 Å². The Bertz CT molecular complexity index is 439. The van der Waals surface area contributed by atoms with E-state index < -0.39 is 40.9 Å². The van der Waals surface area contributed by atoms with Crippen LogP contribution in [0.4, 0.5) is 23.2 Å². The van der Waals surface area contributed by atoms with E-state index in [2.05, 4.69) is 0 Å². The van der Waals surface area contributed by atoms with Gasteiger partial charge < -0.3 is 11.1 Å². The lowest BCUT2D eigenvalue weighted by Crippen LogP contribution is -2.36. The first-order chi connectivity index (χ1) is 8.38. The molecule has 1 rings (SSSR count). The van der Waals surface area contributed by atoms with Crippen molar-refractivity contribution in [1.82, 2.24) is 0 Å². The summed E-state index contributed by atoms with van der Waals surface area (Å²) in [6, 6.07) is -0.938. The average Bonchev–Trinajstić information content (AvgIpc) is 2.32. The molecule has 0 bridgehead atoms. The van der Waals surface area contributed by atoms with Crippen molar-refractivity contribution in [2.45, 2.75) is 25.8 Å². The van der Waals surface area contributed by atoms with Gasteiger partial charge in [-0.1, -0.05) is 13.3 Å². The summed E-state index contributed by atoms with van der Waals surface area (Å²) in [5.41, 5.74) is 4.24. The van der Waals surface area contributed by atoms with Crippen LogP contribution in [0.5, 0.6) is 0 Å². The van der Waals surface area contributed by atoms with Crippen molar-refractivity contribution in [3.63, 3.8) is 0 Å². The van der Waals surface area contributed by atoms with Crippen LogP contribution in [0.15, 0.2) is 6.07 Å². The van der Waals surface area contributed by atoms with Gasteiger partial charge in [-0.25, -0.2) is 17.6 Å². The Morgan fingerprint density at radius 3 is 2.22 bits per heavy atom. The summed E-state index contributed by atoms with van der Waals surface area (Å²) in [7, 11) is 0. The highest BCUT2D eigenvalue weighted by molar-refractivity contribution is 5.94. The van der Waals surface area contributed by atoms with E-state index in [4.69, 9.17) is 5.73 Å². The van der Waals surface area contributed by atoms with Crippen molar-refractivity contribution in [1.29, 1.82) is 0 Å². The number of nitrogens with one attached hydrogen (secondary N) is 1. The number of anilines is 1. The number of carbonyl (C=O) groups is 1. The van der Waals surface area contributed by atoms with E-state index in [0.717, 1.165) is 0 Å². The zero-order chi connectivity index (χ0) is 13.9. The van der Waals surface area contributed by atoms with Crippen molar-refractivity contribution >= 4 is 11.6 Å². The first kappa shape index (κ1) is 14.4. The molecule has 1 aromatic carbocycles. The molecular weight excluding hydrogens is 252 g/mol. The second kappa shape index (κ2) is 5.81. The van der Waals surface area contributed by atoms with Gasteiger partial charge in [-0.2, -0.15) is 0 Å². The number of amides is 1. The minimum atomic E-state index is -1.66. The van der Waals surface area contributed by atoms with Crippen LogP contribution >= 0.6 is 0 Å². The van der Waals surface area contributed by atoms with Crippen LogP contribution in [0.2, 0.25) is 0 Å². The summed E-state index contributed by atoms with van der Waals surface area (Å²) in [6.07, 6.45) is 0.865. The Morgan fingerprint density at radius 1 is 1.28 bits per heavy atom. The van der Waals surface area contributed by atoms with Gasteiger partial charge in [0.2, 0.25) is 5.91 Å². The Balaban J connectivity index is 3.01. The molecule has 0 saturated carbocycles. The number of carbonyl (C=O) groups excluding carboxylic acids is 1. The molecule has 0 aromatic heterocycles. The molecule has 0 fully saturated rings. The maximum Gasteiger partial charge on any atom is 0.241 e. The second-order valence-electron chi connectivity index (χ2n) is 3.73. The molecule has 1 unspecified atom stereocenters. The Kier molecular flexibility index (Phi) is 4.66. The first-order valence-corrected chi connectivity index (χ1v) is 5.27. The third-order valence-electron chi connectivity index (χ3n) is 2.30. The zero-order valence-corrected chi connectivity index (χ0v) is 9.57. The quantitative estimate of drug-likeness (QED) is 0.647. The van der Waals surface area contributed by atoms with Gasteiger partial charge in [0.05, 0.1) is 6.04 Å². The summed E-state index contributed by atoms with van der Waals surface area (Å²) in [5.74, 6) is -7.40. The monoisotopic (exact) mass is 264 g/mol. The molecule has 0 aliphatic rings. The van der Waals surface area contributed by atoms with Gasteiger partial charge in [0.25, 0.3) is 0 Å². The molecule has 1 amide bonds. The molecular formula is C11H12F4N2O. The molecule has 0 saturated heterocycles. The maximum atomic E-state index is 13.2. The fourth-order valence-electron chi connectivity index (χ4n) is 1.34. The molecule has 1 aromatic rings. The summed E-state index contributed by atoms with van der Waals surface area (Å²) in [4.78, 5) is 11.4. The van der Waals surface area contributed by atoms with Crippen molar-refractivity contribution < 1.29 is 22.4 Å². The third-order valence-corrected chi connectivity index (χ3v) is 2.30. The van der Waals surface area contributed by atoms with E-state index in [1.807, 2.05) is 0 Å². The lowest BCUT2D eigenvalue weighted by Gasteiger charge is -2.12. The molecule has 3 N–H and O–H groups in total. The van der Waals surface area contributed by atoms with Crippen LogP contribution in [0, 0.1) is 23.3 Å². The van der Waals surface area contributed by atoms with Gasteiger partial charge in [-0.05, 0) is 6.42 Å². The van der Waals surface area contributed by atoms with Crippen molar-refractivity contribution in [2.75, 3.05) is 5.32 Å². The first-order valence-electron chi connectivity index (χ1n) is 5.27. The van der Waals surface area contributed by atoms with E-state index in [0.29, 0.717) is 6.42 Å². The fourth-order valence-corrected chi connectivity index (χ4v) is 1.34. The van der Waals surface area contributed by atoms with Gasteiger partial charge in [-0.15, -0.1) is 0 Å². The van der Waals surface area contributed by atoms with E-state index in [9.17, 15) is 22.4 Å². The van der Waals surface area contributed by atoms with Gasteiger partial charge in [0, 0.05) is 6.07 Å². The fraction of sp³-hybridized carbons (Fsp3) is 0.364. The molecule has 100 valence electrons. The molecule has 0 aliphatic carbocycles. The van der Waals surface area contributed by atoms with Gasteiger partial charge >= 0.3 is 0 Å². The third kappa shape index (κ3) is 2.98. The second-order valence-corrected chi connectivity index (χ2v) is 3.73. The molecule has 0 spiro atoms. The predicted octanol–water partition coefficient (Wildman–Crippen LogP) is 2.31. The number of benzene rings is 1. The van der Waals surface area contributed by atoms with E-state index >= 15 is 0 Å². The summed E-state index contributed by atoms with van der Waals surface area (Å²) >= 11 is 0. The lowest BCUT2D eigenvalue weighted by atomic mass is 10.1. The van der Waals surface area contributed by atoms with Gasteiger partial charge in [0.15, 0.2) is 23.3 Å². The van der Waals surface area contributed by atoms with Crippen molar-refractivity contribution in [3.8, 4) is 0 Å². The minimum absolute atomic E-state index is 0.0618. The van der Waals surface area contributed by atoms with Gasteiger partial charge in [0.1, 0.15) is 5.69 Å². The van der Waals surface area contributed by atoms with E-state index in [-0.39, 0.29) is 12.5 Å². The molecule has 3 nitrogen and oxygen atoms in total. The standard InChI is InChI=1S/C11H12F4N2O/c1-2-3-7(16)11(18)17-10-8(14)5(12)4-6(13)9(10)15/h4,7H,2-3,16H2,1H3,(H,17,18). The normalized spacial score (nSPS) is 12.3. The average molecular weight is 264 g/mol. The topological polar surface area (TPSA) is 55.1 Å². The Labute approximate surface area is 101 Å². The summed E-state index contributed by atoms with van der Waals surface area (Å²) in [5, 5.41) is 1.75. The Hall–Kier alpha value is -1.63. The molecule has 18 heavy (non-hydrogen) atoms. The highest BCUT2D eigenvalue weighted by atomic mass is 19.2.